The molecule has 1 amide bonds. The molecule has 1 aliphatic rings. The zero-order chi connectivity index (χ0) is 15.4. The fourth-order valence-electron chi connectivity index (χ4n) is 2.60. The van der Waals surface area contributed by atoms with E-state index in [0.717, 1.165) is 17.7 Å². The molecule has 0 saturated carbocycles. The molecule has 0 aliphatic heterocycles. The molecule has 4 heteroatoms. The molecule has 0 spiro atoms. The number of benzene rings is 1. The van der Waals surface area contributed by atoms with E-state index in [4.69, 9.17) is 0 Å². The summed E-state index contributed by atoms with van der Waals surface area (Å²) in [4.78, 5) is 16.2. The van der Waals surface area contributed by atoms with Crippen molar-refractivity contribution < 1.29 is 4.79 Å². The lowest BCUT2D eigenvalue weighted by atomic mass is 10.1. The Hall–Kier alpha value is -2.20. The van der Waals surface area contributed by atoms with Gasteiger partial charge in [0.05, 0.1) is 5.69 Å². The summed E-state index contributed by atoms with van der Waals surface area (Å²) >= 11 is 1.45. The predicted octanol–water partition coefficient (Wildman–Crippen LogP) is 4.37. The van der Waals surface area contributed by atoms with E-state index in [1.165, 1.54) is 41.4 Å². The predicted molar refractivity (Wildman–Crippen MR) is 92.2 cm³/mol. The average molecular weight is 310 g/mol. The molecule has 1 aromatic carbocycles. The van der Waals surface area contributed by atoms with E-state index < -0.39 is 0 Å². The Kier molecular flexibility index (Phi) is 4.49. The van der Waals surface area contributed by atoms with Crippen LogP contribution in [0.15, 0.2) is 47.9 Å². The van der Waals surface area contributed by atoms with Gasteiger partial charge in [0.2, 0.25) is 5.91 Å². The number of rotatable bonds is 4. The number of carbonyl (C=O) groups excluding carboxylic acids is 1. The fourth-order valence-corrected chi connectivity index (χ4v) is 3.32. The number of fused-ring (bicyclic) bond motifs is 1. The molecule has 0 bridgehead atoms. The number of thiazole rings is 1. The summed E-state index contributed by atoms with van der Waals surface area (Å²) in [6.07, 6.45) is 10.5. The van der Waals surface area contributed by atoms with Crippen LogP contribution >= 0.6 is 11.3 Å². The van der Waals surface area contributed by atoms with E-state index in [2.05, 4.69) is 28.5 Å². The molecule has 0 saturated heterocycles. The van der Waals surface area contributed by atoms with Gasteiger partial charge in [-0.1, -0.05) is 30.4 Å². The summed E-state index contributed by atoms with van der Waals surface area (Å²) in [5.74, 6) is -0.159. The Morgan fingerprint density at radius 1 is 1.27 bits per heavy atom. The first kappa shape index (κ1) is 14.7. The first-order valence-corrected chi connectivity index (χ1v) is 8.32. The second kappa shape index (κ2) is 6.71. The molecule has 0 fully saturated rings. The lowest BCUT2D eigenvalue weighted by Gasteiger charge is -2.02. The molecule has 3 nitrogen and oxygen atoms in total. The quantitative estimate of drug-likeness (QED) is 0.673. The van der Waals surface area contributed by atoms with Crippen molar-refractivity contribution >= 4 is 22.4 Å². The van der Waals surface area contributed by atoms with Gasteiger partial charge in [0.1, 0.15) is 0 Å². The van der Waals surface area contributed by atoms with Crippen molar-refractivity contribution in [2.24, 2.45) is 0 Å². The third-order valence-corrected chi connectivity index (χ3v) is 4.44. The molecule has 1 heterocycles. The van der Waals surface area contributed by atoms with Gasteiger partial charge < -0.3 is 0 Å². The summed E-state index contributed by atoms with van der Waals surface area (Å²) in [5.41, 5.74) is 4.95. The summed E-state index contributed by atoms with van der Waals surface area (Å²) in [5, 5.41) is 5.41. The maximum Gasteiger partial charge on any atom is 0.250 e. The lowest BCUT2D eigenvalue weighted by Crippen LogP contribution is -2.07. The molecule has 1 aliphatic carbocycles. The van der Waals surface area contributed by atoms with E-state index in [1.807, 2.05) is 24.5 Å². The highest BCUT2D eigenvalue weighted by atomic mass is 32.1. The van der Waals surface area contributed by atoms with Crippen molar-refractivity contribution in [2.75, 3.05) is 5.32 Å². The standard InChI is InChI=1S/C18H18N2OS/c1-2-3-4-8-17(21)20-18-19-16(12-22-18)15-10-9-13-6-5-7-14(13)11-15/h2-4,8-12H,5-7H2,1H3,(H,19,20,21). The molecular weight excluding hydrogens is 292 g/mol. The van der Waals surface area contributed by atoms with Crippen molar-refractivity contribution in [3.63, 3.8) is 0 Å². The van der Waals surface area contributed by atoms with Crippen LogP contribution in [0.3, 0.4) is 0 Å². The summed E-state index contributed by atoms with van der Waals surface area (Å²) in [6.45, 7) is 1.91. The molecule has 2 aromatic rings. The Labute approximate surface area is 134 Å². The smallest absolute Gasteiger partial charge is 0.250 e. The van der Waals surface area contributed by atoms with E-state index in [0.29, 0.717) is 5.13 Å². The van der Waals surface area contributed by atoms with E-state index >= 15 is 0 Å². The van der Waals surface area contributed by atoms with Crippen LogP contribution in [-0.2, 0) is 17.6 Å². The molecule has 112 valence electrons. The van der Waals surface area contributed by atoms with Crippen LogP contribution in [0.25, 0.3) is 11.3 Å². The van der Waals surface area contributed by atoms with Crippen molar-refractivity contribution in [3.05, 3.63) is 59.0 Å². The number of hydrogen-bond acceptors (Lipinski definition) is 3. The minimum atomic E-state index is -0.159. The highest BCUT2D eigenvalue weighted by molar-refractivity contribution is 7.14. The summed E-state index contributed by atoms with van der Waals surface area (Å²) in [7, 11) is 0. The van der Waals surface area contributed by atoms with Crippen molar-refractivity contribution in [3.8, 4) is 11.3 Å². The Balaban J connectivity index is 1.72. The minimum absolute atomic E-state index is 0.159. The number of aryl methyl sites for hydroxylation is 2. The maximum atomic E-state index is 11.7. The number of amides is 1. The Morgan fingerprint density at radius 2 is 2.14 bits per heavy atom. The monoisotopic (exact) mass is 310 g/mol. The number of hydrogen-bond donors (Lipinski definition) is 1. The lowest BCUT2D eigenvalue weighted by molar-refractivity contribution is -0.111. The SMILES string of the molecule is CC=CC=CC(=O)Nc1nc(-c2ccc3c(c2)CCC3)cs1. The number of aromatic nitrogens is 1. The number of nitrogens with one attached hydrogen (secondary N) is 1. The van der Waals surface area contributed by atoms with Gasteiger partial charge in [-0.05, 0) is 43.4 Å². The van der Waals surface area contributed by atoms with Gasteiger partial charge in [0, 0.05) is 17.0 Å². The number of carbonyl (C=O) groups is 1. The summed E-state index contributed by atoms with van der Waals surface area (Å²) in [6, 6.07) is 6.56. The van der Waals surface area contributed by atoms with Crippen LogP contribution in [0, 0.1) is 0 Å². The fraction of sp³-hybridized carbons (Fsp3) is 0.222. The van der Waals surface area contributed by atoms with Crippen molar-refractivity contribution in [1.82, 2.24) is 4.98 Å². The first-order chi connectivity index (χ1) is 10.8. The van der Waals surface area contributed by atoms with Gasteiger partial charge in [-0.2, -0.15) is 0 Å². The van der Waals surface area contributed by atoms with Crippen LogP contribution in [0.2, 0.25) is 0 Å². The molecule has 0 radical (unpaired) electrons. The Morgan fingerprint density at radius 3 is 3.00 bits per heavy atom. The Bertz CT molecular complexity index is 743. The molecule has 1 aromatic heterocycles. The van der Waals surface area contributed by atoms with Crippen LogP contribution in [0.4, 0.5) is 5.13 Å². The van der Waals surface area contributed by atoms with Crippen molar-refractivity contribution in [2.45, 2.75) is 26.2 Å². The topological polar surface area (TPSA) is 42.0 Å². The van der Waals surface area contributed by atoms with Crippen LogP contribution < -0.4 is 5.32 Å². The van der Waals surface area contributed by atoms with Gasteiger partial charge >= 0.3 is 0 Å². The van der Waals surface area contributed by atoms with E-state index in [-0.39, 0.29) is 5.91 Å². The molecule has 0 atom stereocenters. The molecule has 3 rings (SSSR count). The number of nitrogens with zero attached hydrogens (tertiary/aromatic N) is 1. The molecule has 1 N–H and O–H groups in total. The number of allylic oxidation sites excluding steroid dienone is 3. The van der Waals surface area contributed by atoms with E-state index in [9.17, 15) is 4.79 Å². The zero-order valence-corrected chi connectivity index (χ0v) is 13.3. The van der Waals surface area contributed by atoms with Gasteiger partial charge in [-0.25, -0.2) is 4.98 Å². The largest absolute Gasteiger partial charge is 0.298 e. The van der Waals surface area contributed by atoms with Gasteiger partial charge in [-0.3, -0.25) is 10.1 Å². The zero-order valence-electron chi connectivity index (χ0n) is 12.5. The number of anilines is 1. The van der Waals surface area contributed by atoms with Crippen LogP contribution in [-0.4, -0.2) is 10.9 Å². The van der Waals surface area contributed by atoms with Crippen LogP contribution in [0.5, 0.6) is 0 Å². The second-order valence-electron chi connectivity index (χ2n) is 5.25. The van der Waals surface area contributed by atoms with Crippen molar-refractivity contribution in [1.29, 1.82) is 0 Å². The molecule has 22 heavy (non-hydrogen) atoms. The van der Waals surface area contributed by atoms with E-state index in [1.54, 1.807) is 6.08 Å². The highest BCUT2D eigenvalue weighted by Crippen LogP contribution is 2.30. The highest BCUT2D eigenvalue weighted by Gasteiger charge is 2.13. The minimum Gasteiger partial charge on any atom is -0.298 e. The van der Waals surface area contributed by atoms with Gasteiger partial charge in [-0.15, -0.1) is 11.3 Å². The second-order valence-corrected chi connectivity index (χ2v) is 6.11. The molecule has 0 unspecified atom stereocenters. The average Bonchev–Trinajstić information content (AvgIpc) is 3.15. The third kappa shape index (κ3) is 3.34. The maximum absolute atomic E-state index is 11.7. The van der Waals surface area contributed by atoms with Gasteiger partial charge in [0.15, 0.2) is 5.13 Å². The summed E-state index contributed by atoms with van der Waals surface area (Å²) < 4.78 is 0. The molecular formula is C18H18N2OS. The normalized spacial score (nSPS) is 13.9. The third-order valence-electron chi connectivity index (χ3n) is 3.68. The van der Waals surface area contributed by atoms with Crippen LogP contribution in [0.1, 0.15) is 24.5 Å². The van der Waals surface area contributed by atoms with Gasteiger partial charge in [0.25, 0.3) is 0 Å². The first-order valence-electron chi connectivity index (χ1n) is 7.44.